The predicted molar refractivity (Wildman–Crippen MR) is 85.8 cm³/mol. The summed E-state index contributed by atoms with van der Waals surface area (Å²) in [6, 6.07) is 15.7. The number of carbonyl (C=O) groups excluding carboxylic acids is 1. The van der Waals surface area contributed by atoms with Crippen LogP contribution in [0.4, 0.5) is 5.69 Å². The van der Waals surface area contributed by atoms with E-state index in [1.165, 1.54) is 12.1 Å². The first kappa shape index (κ1) is 16.2. The highest BCUT2D eigenvalue weighted by Crippen LogP contribution is 2.24. The van der Waals surface area contributed by atoms with Crippen molar-refractivity contribution in [1.82, 2.24) is 0 Å². The van der Waals surface area contributed by atoms with Gasteiger partial charge in [-0.2, -0.15) is 0 Å². The average Bonchev–Trinajstić information content (AvgIpc) is 2.48. The molecule has 116 valence electrons. The van der Waals surface area contributed by atoms with Crippen molar-refractivity contribution in [2.45, 2.75) is 24.3 Å². The summed E-state index contributed by atoms with van der Waals surface area (Å²) in [4.78, 5) is 12.5. The second-order valence-corrected chi connectivity index (χ2v) is 6.78. The topological polar surface area (TPSA) is 80.5 Å². The molecular weight excluding hydrogens is 300 g/mol. The van der Waals surface area contributed by atoms with Crippen molar-refractivity contribution >= 4 is 21.6 Å². The van der Waals surface area contributed by atoms with Crippen LogP contribution in [0.25, 0.3) is 0 Å². The van der Waals surface area contributed by atoms with Crippen LogP contribution in [0.2, 0.25) is 0 Å². The molecule has 1 amide bonds. The van der Waals surface area contributed by atoms with Gasteiger partial charge in [-0.05, 0) is 31.2 Å². The maximum atomic E-state index is 12.8. The van der Waals surface area contributed by atoms with Gasteiger partial charge >= 0.3 is 0 Å². The van der Waals surface area contributed by atoms with E-state index in [4.69, 9.17) is 5.73 Å². The van der Waals surface area contributed by atoms with E-state index in [-0.39, 0.29) is 11.3 Å². The molecule has 0 aliphatic carbocycles. The molecule has 1 unspecified atom stereocenters. The van der Waals surface area contributed by atoms with Crippen molar-refractivity contribution in [1.29, 1.82) is 0 Å². The minimum Gasteiger partial charge on any atom is -0.327 e. The number of nitrogens with two attached hydrogens (primary N) is 1. The van der Waals surface area contributed by atoms with E-state index in [1.807, 2.05) is 0 Å². The van der Waals surface area contributed by atoms with E-state index in [2.05, 4.69) is 0 Å². The van der Waals surface area contributed by atoms with Crippen molar-refractivity contribution in [3.05, 3.63) is 60.7 Å². The third kappa shape index (κ3) is 3.52. The highest BCUT2D eigenvalue weighted by molar-refractivity contribution is 7.93. The Labute approximate surface area is 130 Å². The number of sulfonamides is 1. The predicted octanol–water partition coefficient (Wildman–Crippen LogP) is 2.15. The summed E-state index contributed by atoms with van der Waals surface area (Å²) in [6.07, 6.45) is -0.0546. The van der Waals surface area contributed by atoms with Crippen LogP contribution >= 0.6 is 0 Å². The summed E-state index contributed by atoms with van der Waals surface area (Å²) in [7, 11) is -3.97. The quantitative estimate of drug-likeness (QED) is 0.916. The molecule has 0 aliphatic heterocycles. The number of benzene rings is 2. The Hall–Kier alpha value is -2.18. The Kier molecular flexibility index (Phi) is 4.95. The van der Waals surface area contributed by atoms with E-state index >= 15 is 0 Å². The van der Waals surface area contributed by atoms with E-state index in [9.17, 15) is 13.2 Å². The minimum absolute atomic E-state index is 0.0546. The Bertz CT molecular complexity index is 729. The van der Waals surface area contributed by atoms with Crippen molar-refractivity contribution in [3.63, 3.8) is 0 Å². The molecule has 1 atom stereocenters. The molecule has 5 nitrogen and oxygen atoms in total. The Morgan fingerprint density at radius 3 is 2.05 bits per heavy atom. The van der Waals surface area contributed by atoms with E-state index < -0.39 is 22.0 Å². The first-order valence-electron chi connectivity index (χ1n) is 6.87. The summed E-state index contributed by atoms with van der Waals surface area (Å²) in [5.74, 6) is -0.551. The number of hydrogen-bond donors (Lipinski definition) is 1. The monoisotopic (exact) mass is 318 g/mol. The van der Waals surface area contributed by atoms with E-state index in [0.29, 0.717) is 5.69 Å². The molecule has 0 saturated heterocycles. The van der Waals surface area contributed by atoms with Crippen molar-refractivity contribution in [2.24, 2.45) is 5.73 Å². The number of anilines is 1. The lowest BCUT2D eigenvalue weighted by molar-refractivity contribution is -0.117. The van der Waals surface area contributed by atoms with Crippen LogP contribution in [0.3, 0.4) is 0 Å². The maximum Gasteiger partial charge on any atom is 0.270 e. The zero-order chi connectivity index (χ0) is 16.2. The number of amides is 1. The SMILES string of the molecule is CC(N)CC(=O)N(c1ccccc1)S(=O)(=O)c1ccccc1. The van der Waals surface area contributed by atoms with Crippen molar-refractivity contribution in [2.75, 3.05) is 4.31 Å². The molecule has 2 aromatic carbocycles. The molecule has 0 radical (unpaired) electrons. The van der Waals surface area contributed by atoms with Gasteiger partial charge in [-0.1, -0.05) is 36.4 Å². The van der Waals surface area contributed by atoms with Gasteiger partial charge in [0.05, 0.1) is 10.6 Å². The smallest absolute Gasteiger partial charge is 0.270 e. The van der Waals surface area contributed by atoms with Gasteiger partial charge in [0.1, 0.15) is 0 Å². The summed E-state index contributed by atoms with van der Waals surface area (Å²) < 4.78 is 26.5. The van der Waals surface area contributed by atoms with Crippen LogP contribution in [-0.2, 0) is 14.8 Å². The highest BCUT2D eigenvalue weighted by atomic mass is 32.2. The summed E-state index contributed by atoms with van der Waals surface area (Å²) in [5.41, 5.74) is 5.95. The molecule has 2 rings (SSSR count). The number of nitrogens with zero attached hydrogens (tertiary/aromatic N) is 1. The number of rotatable bonds is 5. The van der Waals surface area contributed by atoms with Crippen LogP contribution in [0.15, 0.2) is 65.6 Å². The maximum absolute atomic E-state index is 12.8. The molecule has 2 aromatic rings. The molecule has 0 spiro atoms. The average molecular weight is 318 g/mol. The zero-order valence-corrected chi connectivity index (χ0v) is 13.0. The molecule has 0 aromatic heterocycles. The van der Waals surface area contributed by atoms with Crippen LogP contribution in [0.1, 0.15) is 13.3 Å². The lowest BCUT2D eigenvalue weighted by atomic mass is 10.2. The molecule has 22 heavy (non-hydrogen) atoms. The van der Waals surface area contributed by atoms with E-state index in [1.54, 1.807) is 55.5 Å². The van der Waals surface area contributed by atoms with Gasteiger partial charge < -0.3 is 5.73 Å². The third-order valence-electron chi connectivity index (χ3n) is 3.00. The summed E-state index contributed by atoms with van der Waals surface area (Å²) in [5, 5.41) is 0. The van der Waals surface area contributed by atoms with E-state index in [0.717, 1.165) is 4.31 Å². The second kappa shape index (κ2) is 6.72. The van der Waals surface area contributed by atoms with Gasteiger partial charge in [-0.3, -0.25) is 4.79 Å². The normalized spacial score (nSPS) is 12.6. The lowest BCUT2D eigenvalue weighted by Gasteiger charge is -2.23. The van der Waals surface area contributed by atoms with Gasteiger partial charge in [-0.25, -0.2) is 12.7 Å². The molecule has 0 aliphatic rings. The lowest BCUT2D eigenvalue weighted by Crippen LogP contribution is -2.39. The molecular formula is C16H18N2O3S. The standard InChI is InChI=1S/C16H18N2O3S/c1-13(17)12-16(19)18(14-8-4-2-5-9-14)22(20,21)15-10-6-3-7-11-15/h2-11,13H,12,17H2,1H3. The van der Waals surface area contributed by atoms with Gasteiger partial charge in [0.25, 0.3) is 10.0 Å². The third-order valence-corrected chi connectivity index (χ3v) is 4.76. The molecule has 0 saturated carbocycles. The van der Waals surface area contributed by atoms with Gasteiger partial charge in [0, 0.05) is 12.5 Å². The fraction of sp³-hybridized carbons (Fsp3) is 0.188. The largest absolute Gasteiger partial charge is 0.327 e. The first-order valence-corrected chi connectivity index (χ1v) is 8.31. The first-order chi connectivity index (χ1) is 10.4. The Morgan fingerprint density at radius 2 is 1.55 bits per heavy atom. The van der Waals surface area contributed by atoms with Crippen molar-refractivity contribution < 1.29 is 13.2 Å². The molecule has 2 N–H and O–H groups in total. The molecule has 0 heterocycles. The Morgan fingerprint density at radius 1 is 1.05 bits per heavy atom. The molecule has 6 heteroatoms. The fourth-order valence-corrected chi connectivity index (χ4v) is 3.49. The van der Waals surface area contributed by atoms with Crippen LogP contribution in [-0.4, -0.2) is 20.4 Å². The minimum atomic E-state index is -3.97. The zero-order valence-electron chi connectivity index (χ0n) is 12.2. The van der Waals surface area contributed by atoms with Crippen LogP contribution in [0, 0.1) is 0 Å². The summed E-state index contributed by atoms with van der Waals surface area (Å²) in [6.45, 7) is 1.66. The number of hydrogen-bond acceptors (Lipinski definition) is 4. The fourth-order valence-electron chi connectivity index (χ4n) is 2.04. The number of carbonyl (C=O) groups is 1. The molecule has 0 bridgehead atoms. The second-order valence-electron chi connectivity index (χ2n) is 4.99. The van der Waals surface area contributed by atoms with Crippen LogP contribution in [0.5, 0.6) is 0 Å². The van der Waals surface area contributed by atoms with Gasteiger partial charge in [-0.15, -0.1) is 0 Å². The summed E-state index contributed by atoms with van der Waals surface area (Å²) >= 11 is 0. The number of para-hydroxylation sites is 1. The molecule has 0 fully saturated rings. The van der Waals surface area contributed by atoms with Crippen LogP contribution < -0.4 is 10.0 Å². The van der Waals surface area contributed by atoms with Gasteiger partial charge in [0.2, 0.25) is 5.91 Å². The Balaban J connectivity index is 2.52. The highest BCUT2D eigenvalue weighted by Gasteiger charge is 2.30. The van der Waals surface area contributed by atoms with Gasteiger partial charge in [0.15, 0.2) is 0 Å². The van der Waals surface area contributed by atoms with Crippen molar-refractivity contribution in [3.8, 4) is 0 Å².